The normalized spacial score (nSPS) is 21.9. The van der Waals surface area contributed by atoms with E-state index in [1.54, 1.807) is 12.2 Å². The van der Waals surface area contributed by atoms with E-state index in [9.17, 15) is 8.42 Å². The third kappa shape index (κ3) is 1.62. The van der Waals surface area contributed by atoms with Gasteiger partial charge in [-0.15, -0.1) is 0 Å². The van der Waals surface area contributed by atoms with Crippen LogP contribution in [0.2, 0.25) is 19.6 Å². The third-order valence-electron chi connectivity index (χ3n) is 1.55. The first kappa shape index (κ1) is 8.74. The SMILES string of the molecule is C[Si](C)(C)C1=CC=CS1(=O)=O. The van der Waals surface area contributed by atoms with Crippen molar-refractivity contribution in [3.63, 3.8) is 0 Å². The first-order valence-corrected chi connectivity index (χ1v) is 8.52. The molecule has 4 heteroatoms. The van der Waals surface area contributed by atoms with Gasteiger partial charge in [0.05, 0.1) is 8.07 Å². The van der Waals surface area contributed by atoms with E-state index in [1.165, 1.54) is 5.41 Å². The molecule has 0 aromatic rings. The van der Waals surface area contributed by atoms with Gasteiger partial charge in [-0.05, 0) is 6.08 Å². The molecule has 1 rings (SSSR count). The molecule has 1 heterocycles. The quantitative estimate of drug-likeness (QED) is 0.587. The average molecular weight is 188 g/mol. The second kappa shape index (κ2) is 2.32. The number of rotatable bonds is 1. The highest BCUT2D eigenvalue weighted by molar-refractivity contribution is 8.00. The molecule has 0 fully saturated rings. The van der Waals surface area contributed by atoms with Crippen molar-refractivity contribution in [2.24, 2.45) is 0 Å². The summed E-state index contributed by atoms with van der Waals surface area (Å²) in [7, 11) is -4.65. The Morgan fingerprint density at radius 1 is 1.27 bits per heavy atom. The smallest absolute Gasteiger partial charge is 0.192 e. The molecule has 11 heavy (non-hydrogen) atoms. The molecule has 1 aliphatic heterocycles. The van der Waals surface area contributed by atoms with Gasteiger partial charge in [0.25, 0.3) is 0 Å². The Labute approximate surface area is 68.6 Å². The van der Waals surface area contributed by atoms with Crippen LogP contribution in [0.4, 0.5) is 0 Å². The molecule has 0 saturated heterocycles. The highest BCUT2D eigenvalue weighted by atomic mass is 32.2. The number of hydrogen-bond donors (Lipinski definition) is 0. The van der Waals surface area contributed by atoms with Gasteiger partial charge < -0.3 is 0 Å². The Morgan fingerprint density at radius 2 is 1.82 bits per heavy atom. The lowest BCUT2D eigenvalue weighted by Crippen LogP contribution is -2.27. The second-order valence-corrected chi connectivity index (χ2v) is 10.9. The minimum absolute atomic E-state index is 0.644. The number of hydrogen-bond acceptors (Lipinski definition) is 2. The van der Waals surface area contributed by atoms with Crippen molar-refractivity contribution in [2.45, 2.75) is 19.6 Å². The molecule has 0 unspecified atom stereocenters. The summed E-state index contributed by atoms with van der Waals surface area (Å²) in [5.41, 5.74) is 0. The molecule has 0 saturated carbocycles. The monoisotopic (exact) mass is 188 g/mol. The van der Waals surface area contributed by atoms with Gasteiger partial charge in [0.15, 0.2) is 9.84 Å². The number of sulfone groups is 1. The van der Waals surface area contributed by atoms with Crippen LogP contribution in [0, 0.1) is 0 Å². The maximum Gasteiger partial charge on any atom is 0.192 e. The lowest BCUT2D eigenvalue weighted by Gasteiger charge is -2.16. The van der Waals surface area contributed by atoms with E-state index >= 15 is 0 Å². The molecule has 0 aliphatic carbocycles. The van der Waals surface area contributed by atoms with Crippen LogP contribution in [-0.2, 0) is 9.84 Å². The van der Waals surface area contributed by atoms with Crippen molar-refractivity contribution in [3.05, 3.63) is 22.1 Å². The predicted octanol–water partition coefficient (Wildman–Crippen LogP) is 1.69. The lowest BCUT2D eigenvalue weighted by atomic mass is 10.6. The zero-order chi connectivity index (χ0) is 8.70. The van der Waals surface area contributed by atoms with Gasteiger partial charge in [0.2, 0.25) is 0 Å². The fraction of sp³-hybridized carbons (Fsp3) is 0.429. The van der Waals surface area contributed by atoms with Crippen molar-refractivity contribution >= 4 is 17.9 Å². The largest absolute Gasteiger partial charge is 0.220 e. The predicted molar refractivity (Wildman–Crippen MR) is 49.5 cm³/mol. The Kier molecular flexibility index (Phi) is 1.84. The first-order valence-electron chi connectivity index (χ1n) is 3.48. The van der Waals surface area contributed by atoms with Gasteiger partial charge in [-0.3, -0.25) is 0 Å². The molecule has 0 bridgehead atoms. The van der Waals surface area contributed by atoms with Gasteiger partial charge in [-0.1, -0.05) is 25.7 Å². The molecule has 1 aliphatic rings. The van der Waals surface area contributed by atoms with Gasteiger partial charge in [0.1, 0.15) is 0 Å². The van der Waals surface area contributed by atoms with Crippen LogP contribution in [0.25, 0.3) is 0 Å². The van der Waals surface area contributed by atoms with Crippen molar-refractivity contribution in [3.8, 4) is 0 Å². The zero-order valence-corrected chi connectivity index (χ0v) is 8.77. The summed E-state index contributed by atoms with van der Waals surface area (Å²) in [5, 5.41) is 1.28. The number of allylic oxidation sites excluding steroid dienone is 2. The third-order valence-corrected chi connectivity index (χ3v) is 7.15. The Morgan fingerprint density at radius 3 is 2.00 bits per heavy atom. The van der Waals surface area contributed by atoms with E-state index in [-0.39, 0.29) is 0 Å². The molecule has 0 aromatic heterocycles. The van der Waals surface area contributed by atoms with Crippen LogP contribution >= 0.6 is 0 Å². The van der Waals surface area contributed by atoms with Crippen molar-refractivity contribution in [2.75, 3.05) is 0 Å². The molecule has 0 radical (unpaired) electrons. The summed E-state index contributed by atoms with van der Waals surface area (Å²) >= 11 is 0. The van der Waals surface area contributed by atoms with Crippen LogP contribution in [0.3, 0.4) is 0 Å². The zero-order valence-electron chi connectivity index (χ0n) is 6.96. The van der Waals surface area contributed by atoms with Crippen LogP contribution < -0.4 is 0 Å². The van der Waals surface area contributed by atoms with Gasteiger partial charge >= 0.3 is 0 Å². The summed E-state index contributed by atoms with van der Waals surface area (Å²) < 4.78 is 23.2. The fourth-order valence-corrected chi connectivity index (χ4v) is 5.99. The standard InChI is InChI=1S/C7H12O2SSi/c1-11(2,3)7-5-4-6-10(7,8)9/h4-6H,1-3H3. The molecular formula is C7H12O2SSi. The summed E-state index contributed by atoms with van der Waals surface area (Å²) in [6, 6.07) is 0. The van der Waals surface area contributed by atoms with Crippen LogP contribution in [0.5, 0.6) is 0 Å². The molecule has 0 spiro atoms. The van der Waals surface area contributed by atoms with E-state index in [0.29, 0.717) is 4.53 Å². The van der Waals surface area contributed by atoms with Gasteiger partial charge in [-0.25, -0.2) is 8.42 Å². The van der Waals surface area contributed by atoms with Crippen LogP contribution in [0.15, 0.2) is 22.1 Å². The van der Waals surface area contributed by atoms with E-state index in [1.807, 2.05) is 19.6 Å². The lowest BCUT2D eigenvalue weighted by molar-refractivity contribution is 0.612. The summed E-state index contributed by atoms with van der Waals surface area (Å²) in [4.78, 5) is 0. The van der Waals surface area contributed by atoms with Crippen LogP contribution in [0.1, 0.15) is 0 Å². The Balaban J connectivity index is 3.15. The van der Waals surface area contributed by atoms with Crippen LogP contribution in [-0.4, -0.2) is 16.5 Å². The molecule has 0 N–H and O–H groups in total. The van der Waals surface area contributed by atoms with E-state index in [4.69, 9.17) is 0 Å². The topological polar surface area (TPSA) is 34.1 Å². The molecule has 2 nitrogen and oxygen atoms in total. The molecule has 0 atom stereocenters. The summed E-state index contributed by atoms with van der Waals surface area (Å²) in [5.74, 6) is 0. The van der Waals surface area contributed by atoms with Crippen molar-refractivity contribution < 1.29 is 8.42 Å². The molecule has 0 aromatic carbocycles. The first-order chi connectivity index (χ1) is 4.84. The molecule has 62 valence electrons. The highest BCUT2D eigenvalue weighted by Gasteiger charge is 2.30. The highest BCUT2D eigenvalue weighted by Crippen LogP contribution is 2.25. The van der Waals surface area contributed by atoms with E-state index < -0.39 is 17.9 Å². The van der Waals surface area contributed by atoms with E-state index in [0.717, 1.165) is 0 Å². The Bertz CT molecular complexity index is 317. The Hall–Kier alpha value is -0.353. The van der Waals surface area contributed by atoms with Gasteiger partial charge in [0, 0.05) is 9.94 Å². The minimum Gasteiger partial charge on any atom is -0.220 e. The molecule has 0 amide bonds. The maximum absolute atomic E-state index is 11.3. The van der Waals surface area contributed by atoms with E-state index in [2.05, 4.69) is 0 Å². The maximum atomic E-state index is 11.3. The fourth-order valence-electron chi connectivity index (χ4n) is 1.08. The summed E-state index contributed by atoms with van der Waals surface area (Å²) in [6.07, 6.45) is 3.34. The van der Waals surface area contributed by atoms with Gasteiger partial charge in [-0.2, -0.15) is 0 Å². The average Bonchev–Trinajstić information content (AvgIpc) is 2.06. The summed E-state index contributed by atoms with van der Waals surface area (Å²) in [6.45, 7) is 6.09. The van der Waals surface area contributed by atoms with Crippen molar-refractivity contribution in [1.82, 2.24) is 0 Å². The second-order valence-electron chi connectivity index (χ2n) is 3.65. The minimum atomic E-state index is -3.00. The van der Waals surface area contributed by atoms with Crippen molar-refractivity contribution in [1.29, 1.82) is 0 Å². The molecular weight excluding hydrogens is 176 g/mol.